The Hall–Kier alpha value is -1.85. The Labute approximate surface area is 67.6 Å². The highest BCUT2D eigenvalue weighted by Crippen LogP contribution is 1.96. The minimum absolute atomic E-state index is 0.0382. The molecular weight excluding hydrogens is 162 g/mol. The van der Waals surface area contributed by atoms with Crippen LogP contribution in [0.5, 0.6) is 0 Å². The second-order valence-corrected chi connectivity index (χ2v) is 2.20. The second-order valence-electron chi connectivity index (χ2n) is 2.20. The van der Waals surface area contributed by atoms with Gasteiger partial charge in [-0.3, -0.25) is 9.48 Å². The van der Waals surface area contributed by atoms with Crippen molar-refractivity contribution in [3.8, 4) is 0 Å². The van der Waals surface area contributed by atoms with E-state index in [4.69, 9.17) is 10.8 Å². The number of carboxylic acids is 1. The zero-order valence-electron chi connectivity index (χ0n) is 6.10. The quantitative estimate of drug-likeness (QED) is 0.610. The molecule has 6 nitrogen and oxygen atoms in total. The van der Waals surface area contributed by atoms with Crippen molar-refractivity contribution in [2.45, 2.75) is 6.54 Å². The minimum atomic E-state index is -1.08. The van der Waals surface area contributed by atoms with Crippen LogP contribution in [0, 0.1) is 0 Å². The third-order valence-corrected chi connectivity index (χ3v) is 1.20. The molecule has 1 aromatic rings. The van der Waals surface area contributed by atoms with Crippen LogP contribution in [0.15, 0.2) is 12.4 Å². The largest absolute Gasteiger partial charge is 0.478 e. The zero-order chi connectivity index (χ0) is 9.14. The first-order chi connectivity index (χ1) is 5.59. The summed E-state index contributed by atoms with van der Waals surface area (Å²) in [4.78, 5) is 20.7. The molecule has 0 aliphatic carbocycles. The minimum Gasteiger partial charge on any atom is -0.478 e. The average molecular weight is 169 g/mol. The molecule has 12 heavy (non-hydrogen) atoms. The van der Waals surface area contributed by atoms with Crippen molar-refractivity contribution in [1.82, 2.24) is 9.78 Å². The van der Waals surface area contributed by atoms with Crippen LogP contribution in [0.25, 0.3) is 0 Å². The summed E-state index contributed by atoms with van der Waals surface area (Å²) in [7, 11) is 0. The molecule has 1 rings (SSSR count). The van der Waals surface area contributed by atoms with Crippen LogP contribution in [-0.4, -0.2) is 26.8 Å². The number of carboxylic acid groups (broad SMARTS) is 1. The number of carbonyl (C=O) groups is 2. The Balaban J connectivity index is 2.77. The first kappa shape index (κ1) is 8.25. The smallest absolute Gasteiger partial charge is 0.338 e. The van der Waals surface area contributed by atoms with Crippen molar-refractivity contribution < 1.29 is 14.7 Å². The molecule has 0 aromatic carbocycles. The monoisotopic (exact) mass is 169 g/mol. The van der Waals surface area contributed by atoms with Crippen molar-refractivity contribution in [3.05, 3.63) is 18.0 Å². The van der Waals surface area contributed by atoms with Gasteiger partial charge >= 0.3 is 5.97 Å². The van der Waals surface area contributed by atoms with E-state index in [2.05, 4.69) is 5.10 Å². The molecule has 0 saturated heterocycles. The van der Waals surface area contributed by atoms with Gasteiger partial charge in [-0.05, 0) is 0 Å². The Morgan fingerprint density at radius 2 is 2.33 bits per heavy atom. The van der Waals surface area contributed by atoms with Crippen LogP contribution in [0.1, 0.15) is 10.4 Å². The van der Waals surface area contributed by atoms with Gasteiger partial charge in [0.15, 0.2) is 0 Å². The van der Waals surface area contributed by atoms with E-state index < -0.39 is 11.9 Å². The lowest BCUT2D eigenvalue weighted by molar-refractivity contribution is -0.118. The lowest BCUT2D eigenvalue weighted by atomic mass is 10.4. The molecule has 1 heterocycles. The number of nitrogens with zero attached hydrogens (tertiary/aromatic N) is 2. The molecule has 6 heteroatoms. The fraction of sp³-hybridized carbons (Fsp3) is 0.167. The summed E-state index contributed by atoms with van der Waals surface area (Å²) in [6.07, 6.45) is 2.40. The Morgan fingerprint density at radius 1 is 1.67 bits per heavy atom. The first-order valence-electron chi connectivity index (χ1n) is 3.13. The van der Waals surface area contributed by atoms with Gasteiger partial charge in [-0.1, -0.05) is 0 Å². The van der Waals surface area contributed by atoms with Crippen LogP contribution in [0.3, 0.4) is 0 Å². The topological polar surface area (TPSA) is 98.2 Å². The summed E-state index contributed by atoms with van der Waals surface area (Å²) >= 11 is 0. The Kier molecular flexibility index (Phi) is 2.09. The summed E-state index contributed by atoms with van der Waals surface area (Å²) in [5.41, 5.74) is 4.90. The molecule has 0 aliphatic heterocycles. The van der Waals surface area contributed by atoms with Crippen molar-refractivity contribution in [2.24, 2.45) is 5.73 Å². The van der Waals surface area contributed by atoms with Gasteiger partial charge in [0.05, 0.1) is 11.8 Å². The summed E-state index contributed by atoms with van der Waals surface area (Å²) in [5.74, 6) is -1.64. The van der Waals surface area contributed by atoms with E-state index in [1.165, 1.54) is 10.9 Å². The lowest BCUT2D eigenvalue weighted by Gasteiger charge is -1.93. The normalized spacial score (nSPS) is 9.67. The van der Waals surface area contributed by atoms with Gasteiger partial charge in [0, 0.05) is 6.20 Å². The number of hydrogen-bond acceptors (Lipinski definition) is 3. The van der Waals surface area contributed by atoms with Gasteiger partial charge in [-0.15, -0.1) is 0 Å². The Bertz CT molecular complexity index is 318. The van der Waals surface area contributed by atoms with Crippen LogP contribution in [-0.2, 0) is 11.3 Å². The number of nitrogens with two attached hydrogens (primary N) is 1. The van der Waals surface area contributed by atoms with E-state index in [0.29, 0.717) is 0 Å². The van der Waals surface area contributed by atoms with E-state index in [1.54, 1.807) is 0 Å². The number of carbonyl (C=O) groups excluding carboxylic acids is 1. The highest BCUT2D eigenvalue weighted by Gasteiger charge is 2.06. The highest BCUT2D eigenvalue weighted by atomic mass is 16.4. The number of aromatic carboxylic acids is 1. The maximum atomic E-state index is 10.4. The van der Waals surface area contributed by atoms with E-state index in [1.807, 2.05) is 0 Å². The number of hydrogen-bond donors (Lipinski definition) is 2. The van der Waals surface area contributed by atoms with Gasteiger partial charge < -0.3 is 10.8 Å². The molecule has 64 valence electrons. The molecule has 0 saturated carbocycles. The van der Waals surface area contributed by atoms with Crippen molar-refractivity contribution in [1.29, 1.82) is 0 Å². The summed E-state index contributed by atoms with van der Waals surface area (Å²) in [6.45, 7) is -0.104. The number of primary amides is 1. The third kappa shape index (κ3) is 1.82. The summed E-state index contributed by atoms with van der Waals surface area (Å²) in [6, 6.07) is 0. The van der Waals surface area contributed by atoms with E-state index >= 15 is 0 Å². The van der Waals surface area contributed by atoms with E-state index in [9.17, 15) is 9.59 Å². The standard InChI is InChI=1S/C6H7N3O3/c7-5(10)3-9-2-4(1-8-9)6(11)12/h1-2H,3H2,(H2,7,10)(H,11,12). The summed E-state index contributed by atoms with van der Waals surface area (Å²) < 4.78 is 1.17. The lowest BCUT2D eigenvalue weighted by Crippen LogP contribution is -2.18. The molecule has 0 atom stereocenters. The molecule has 3 N–H and O–H groups in total. The predicted molar refractivity (Wildman–Crippen MR) is 38.4 cm³/mol. The van der Waals surface area contributed by atoms with Crippen LogP contribution in [0.4, 0.5) is 0 Å². The molecule has 0 bridgehead atoms. The van der Waals surface area contributed by atoms with Gasteiger partial charge in [0.1, 0.15) is 6.54 Å². The molecule has 0 unspecified atom stereocenters. The highest BCUT2D eigenvalue weighted by molar-refractivity contribution is 5.87. The van der Waals surface area contributed by atoms with Crippen LogP contribution < -0.4 is 5.73 Å². The fourth-order valence-electron chi connectivity index (χ4n) is 0.720. The van der Waals surface area contributed by atoms with Gasteiger partial charge in [-0.2, -0.15) is 5.10 Å². The predicted octanol–water partition coefficient (Wildman–Crippen LogP) is -0.933. The molecule has 0 spiro atoms. The number of aromatic nitrogens is 2. The summed E-state index contributed by atoms with van der Waals surface area (Å²) in [5, 5.41) is 12.1. The zero-order valence-corrected chi connectivity index (χ0v) is 6.10. The van der Waals surface area contributed by atoms with Gasteiger partial charge in [-0.25, -0.2) is 4.79 Å². The van der Waals surface area contributed by atoms with Crippen LogP contribution >= 0.6 is 0 Å². The SMILES string of the molecule is NC(=O)Cn1cc(C(=O)O)cn1. The van der Waals surface area contributed by atoms with Crippen molar-refractivity contribution in [3.63, 3.8) is 0 Å². The molecule has 0 aliphatic rings. The third-order valence-electron chi connectivity index (χ3n) is 1.20. The maximum absolute atomic E-state index is 10.4. The molecule has 0 radical (unpaired) electrons. The Morgan fingerprint density at radius 3 is 2.75 bits per heavy atom. The molecule has 0 fully saturated rings. The van der Waals surface area contributed by atoms with Crippen molar-refractivity contribution in [2.75, 3.05) is 0 Å². The first-order valence-corrected chi connectivity index (χ1v) is 3.13. The van der Waals surface area contributed by atoms with E-state index in [-0.39, 0.29) is 12.1 Å². The number of rotatable bonds is 3. The van der Waals surface area contributed by atoms with Crippen molar-refractivity contribution >= 4 is 11.9 Å². The number of amides is 1. The average Bonchev–Trinajstić information content (AvgIpc) is 2.34. The van der Waals surface area contributed by atoms with Gasteiger partial charge in [0.25, 0.3) is 0 Å². The van der Waals surface area contributed by atoms with Crippen LogP contribution in [0.2, 0.25) is 0 Å². The second kappa shape index (κ2) is 3.04. The van der Waals surface area contributed by atoms with E-state index in [0.717, 1.165) is 6.20 Å². The fourth-order valence-corrected chi connectivity index (χ4v) is 0.720. The molecule has 1 aromatic heterocycles. The molecular formula is C6H7N3O3. The maximum Gasteiger partial charge on any atom is 0.338 e. The van der Waals surface area contributed by atoms with Gasteiger partial charge in [0.2, 0.25) is 5.91 Å². The molecule has 1 amide bonds.